The summed E-state index contributed by atoms with van der Waals surface area (Å²) in [7, 11) is 0. The molecule has 0 aromatic rings. The van der Waals surface area contributed by atoms with Crippen LogP contribution in [0.3, 0.4) is 0 Å². The van der Waals surface area contributed by atoms with Crippen molar-refractivity contribution in [3.8, 4) is 0 Å². The van der Waals surface area contributed by atoms with Gasteiger partial charge >= 0.3 is 11.9 Å². The molecule has 0 unspecified atom stereocenters. The highest BCUT2D eigenvalue weighted by Gasteiger charge is 2.04. The van der Waals surface area contributed by atoms with Gasteiger partial charge in [0.2, 0.25) is 0 Å². The van der Waals surface area contributed by atoms with Crippen molar-refractivity contribution in [2.24, 2.45) is 11.8 Å². The zero-order chi connectivity index (χ0) is 28.1. The Labute approximate surface area is 237 Å². The summed E-state index contributed by atoms with van der Waals surface area (Å²) in [6, 6.07) is 0. The summed E-state index contributed by atoms with van der Waals surface area (Å²) < 4.78 is 10.8. The van der Waals surface area contributed by atoms with Crippen molar-refractivity contribution in [2.45, 2.75) is 182 Å². The van der Waals surface area contributed by atoms with Crippen LogP contribution in [0.15, 0.2) is 0 Å². The number of esters is 2. The zero-order valence-electron chi connectivity index (χ0n) is 26.2. The Morgan fingerprint density at radius 2 is 0.658 bits per heavy atom. The number of unbranched alkanes of at least 4 members (excludes halogenated alkanes) is 17. The molecule has 0 heterocycles. The van der Waals surface area contributed by atoms with Gasteiger partial charge in [-0.25, -0.2) is 0 Å². The topological polar surface area (TPSA) is 52.6 Å². The molecule has 0 aliphatic carbocycles. The first-order chi connectivity index (χ1) is 18.4. The van der Waals surface area contributed by atoms with Gasteiger partial charge in [-0.3, -0.25) is 9.59 Å². The van der Waals surface area contributed by atoms with Gasteiger partial charge in [0.25, 0.3) is 0 Å². The highest BCUT2D eigenvalue weighted by Crippen LogP contribution is 2.14. The first-order valence-electron chi connectivity index (χ1n) is 16.7. The Balaban J connectivity index is 3.26. The van der Waals surface area contributed by atoms with E-state index in [0.717, 1.165) is 50.4 Å². The highest BCUT2D eigenvalue weighted by molar-refractivity contribution is 5.69. The van der Waals surface area contributed by atoms with Crippen molar-refractivity contribution < 1.29 is 19.1 Å². The van der Waals surface area contributed by atoms with Crippen LogP contribution in [0.5, 0.6) is 0 Å². The fourth-order valence-electron chi connectivity index (χ4n) is 4.84. The van der Waals surface area contributed by atoms with Crippen molar-refractivity contribution in [1.29, 1.82) is 0 Å². The third-order valence-electron chi connectivity index (χ3n) is 7.39. The number of rotatable bonds is 29. The maximum atomic E-state index is 11.8. The second-order valence-electron chi connectivity index (χ2n) is 12.4. The van der Waals surface area contributed by atoms with E-state index in [0.29, 0.717) is 26.1 Å². The van der Waals surface area contributed by atoms with Gasteiger partial charge in [0, 0.05) is 12.8 Å². The fourth-order valence-corrected chi connectivity index (χ4v) is 4.84. The van der Waals surface area contributed by atoms with E-state index in [2.05, 4.69) is 27.7 Å². The molecule has 0 amide bonds. The van der Waals surface area contributed by atoms with Gasteiger partial charge in [-0.15, -0.1) is 0 Å². The molecule has 0 saturated carbocycles. The minimum absolute atomic E-state index is 0.0223. The summed E-state index contributed by atoms with van der Waals surface area (Å²) in [5.41, 5.74) is 0. The molecule has 0 radical (unpaired) electrons. The monoisotopic (exact) mass is 538 g/mol. The summed E-state index contributed by atoms with van der Waals surface area (Å²) in [4.78, 5) is 23.7. The Kier molecular flexibility index (Phi) is 28.1. The Morgan fingerprint density at radius 1 is 0.395 bits per heavy atom. The van der Waals surface area contributed by atoms with Crippen LogP contribution >= 0.6 is 0 Å². The van der Waals surface area contributed by atoms with Crippen LogP contribution in [0.25, 0.3) is 0 Å². The highest BCUT2D eigenvalue weighted by atomic mass is 16.5. The van der Waals surface area contributed by atoms with Crippen LogP contribution in [0.4, 0.5) is 0 Å². The average Bonchev–Trinajstić information content (AvgIpc) is 2.87. The molecule has 0 saturated heterocycles. The van der Waals surface area contributed by atoms with E-state index < -0.39 is 0 Å². The largest absolute Gasteiger partial charge is 0.466 e. The van der Waals surface area contributed by atoms with Gasteiger partial charge in [-0.1, -0.05) is 143 Å². The van der Waals surface area contributed by atoms with Crippen LogP contribution in [-0.4, -0.2) is 25.2 Å². The molecule has 0 fully saturated rings. The van der Waals surface area contributed by atoms with Gasteiger partial charge < -0.3 is 9.47 Å². The molecule has 4 nitrogen and oxygen atoms in total. The van der Waals surface area contributed by atoms with Crippen LogP contribution < -0.4 is 0 Å². The van der Waals surface area contributed by atoms with Crippen LogP contribution in [-0.2, 0) is 19.1 Å². The maximum absolute atomic E-state index is 11.8. The molecule has 4 heteroatoms. The maximum Gasteiger partial charge on any atom is 0.305 e. The van der Waals surface area contributed by atoms with Crippen LogP contribution in [0, 0.1) is 11.8 Å². The number of ether oxygens (including phenoxy) is 2. The second kappa shape index (κ2) is 28.9. The summed E-state index contributed by atoms with van der Waals surface area (Å²) in [6.07, 6.45) is 27.6. The van der Waals surface area contributed by atoms with E-state index in [1.54, 1.807) is 0 Å². The minimum Gasteiger partial charge on any atom is -0.466 e. The van der Waals surface area contributed by atoms with Gasteiger partial charge in [0.1, 0.15) is 0 Å². The standard InChI is InChI=1S/C34H66O4/c1-31(2)25-19-13-9-11-17-23-29-37-33(35)27-21-15-7-5-6-8-16-22-28-34(36)38-30-24-18-12-10-14-20-26-32(3)4/h31-32H,5-30H2,1-4H3. The molecule has 0 spiro atoms. The smallest absolute Gasteiger partial charge is 0.305 e. The van der Waals surface area contributed by atoms with E-state index in [1.807, 2.05) is 0 Å². The predicted octanol–water partition coefficient (Wildman–Crippen LogP) is 10.7. The van der Waals surface area contributed by atoms with Crippen molar-refractivity contribution in [2.75, 3.05) is 13.2 Å². The van der Waals surface area contributed by atoms with Crippen molar-refractivity contribution >= 4 is 11.9 Å². The van der Waals surface area contributed by atoms with E-state index in [-0.39, 0.29) is 11.9 Å². The number of carbonyl (C=O) groups is 2. The molecule has 0 aromatic carbocycles. The first-order valence-corrected chi connectivity index (χ1v) is 16.7. The number of hydrogen-bond donors (Lipinski definition) is 0. The number of carbonyl (C=O) groups excluding carboxylic acids is 2. The molecule has 0 aromatic heterocycles. The lowest BCUT2D eigenvalue weighted by molar-refractivity contribution is -0.144. The van der Waals surface area contributed by atoms with Crippen molar-refractivity contribution in [3.05, 3.63) is 0 Å². The SMILES string of the molecule is CC(C)CCCCCCCCOC(=O)CCCCCCCCCCC(=O)OCCCCCCCCC(C)C. The lowest BCUT2D eigenvalue weighted by Gasteiger charge is -2.06. The van der Waals surface area contributed by atoms with Crippen molar-refractivity contribution in [1.82, 2.24) is 0 Å². The Morgan fingerprint density at radius 3 is 0.974 bits per heavy atom. The van der Waals surface area contributed by atoms with Gasteiger partial charge in [-0.05, 0) is 37.5 Å². The molecule has 0 bridgehead atoms. The molecule has 0 rings (SSSR count). The lowest BCUT2D eigenvalue weighted by Crippen LogP contribution is -2.05. The molecular formula is C34H66O4. The molecule has 0 aliphatic heterocycles. The quantitative estimate of drug-likeness (QED) is 0.0702. The van der Waals surface area contributed by atoms with E-state index in [4.69, 9.17) is 9.47 Å². The molecule has 0 N–H and O–H groups in total. The van der Waals surface area contributed by atoms with Gasteiger partial charge in [0.05, 0.1) is 13.2 Å². The normalized spacial score (nSPS) is 11.4. The van der Waals surface area contributed by atoms with Crippen LogP contribution in [0.1, 0.15) is 182 Å². The van der Waals surface area contributed by atoms with E-state index >= 15 is 0 Å². The van der Waals surface area contributed by atoms with E-state index in [1.165, 1.54) is 103 Å². The zero-order valence-corrected chi connectivity index (χ0v) is 26.2. The van der Waals surface area contributed by atoms with E-state index in [9.17, 15) is 9.59 Å². The first kappa shape index (κ1) is 36.9. The second-order valence-corrected chi connectivity index (χ2v) is 12.4. The summed E-state index contributed by atoms with van der Waals surface area (Å²) in [6.45, 7) is 10.3. The lowest BCUT2D eigenvalue weighted by atomic mass is 10.0. The summed E-state index contributed by atoms with van der Waals surface area (Å²) in [5, 5.41) is 0. The summed E-state index contributed by atoms with van der Waals surface area (Å²) in [5.74, 6) is 1.60. The summed E-state index contributed by atoms with van der Waals surface area (Å²) >= 11 is 0. The molecular weight excluding hydrogens is 472 g/mol. The Hall–Kier alpha value is -1.06. The fraction of sp³-hybridized carbons (Fsp3) is 0.941. The minimum atomic E-state index is -0.0223. The number of hydrogen-bond acceptors (Lipinski definition) is 4. The van der Waals surface area contributed by atoms with Crippen molar-refractivity contribution in [3.63, 3.8) is 0 Å². The Bertz CT molecular complexity index is 469. The molecule has 0 atom stereocenters. The van der Waals surface area contributed by atoms with Crippen LogP contribution in [0.2, 0.25) is 0 Å². The average molecular weight is 539 g/mol. The molecule has 226 valence electrons. The molecule has 38 heavy (non-hydrogen) atoms. The van der Waals surface area contributed by atoms with Gasteiger partial charge in [-0.2, -0.15) is 0 Å². The predicted molar refractivity (Wildman–Crippen MR) is 162 cm³/mol. The molecule has 0 aliphatic rings. The third kappa shape index (κ3) is 31.2. The van der Waals surface area contributed by atoms with Gasteiger partial charge in [0.15, 0.2) is 0 Å². The third-order valence-corrected chi connectivity index (χ3v) is 7.39.